The molecule has 2 heteroatoms. The van der Waals surface area contributed by atoms with Crippen LogP contribution in [0.2, 0.25) is 0 Å². The van der Waals surface area contributed by atoms with Gasteiger partial charge in [0.1, 0.15) is 0 Å². The van der Waals surface area contributed by atoms with Crippen molar-refractivity contribution in [3.63, 3.8) is 0 Å². The van der Waals surface area contributed by atoms with Gasteiger partial charge in [0.15, 0.2) is 0 Å². The third kappa shape index (κ3) is 20.5. The van der Waals surface area contributed by atoms with Crippen LogP contribution < -0.4 is 0 Å². The van der Waals surface area contributed by atoms with Gasteiger partial charge in [0.05, 0.1) is 0 Å². The maximum Gasteiger partial charge on any atom is 0.0490 e. The molecule has 0 aliphatic carbocycles. The Balaban J connectivity index is -0.000000101. The molecule has 0 spiro atoms. The first-order valence-corrected chi connectivity index (χ1v) is 5.11. The molecule has 0 aromatic carbocycles. The first-order chi connectivity index (χ1) is 5.70. The molecule has 0 heterocycles. The van der Waals surface area contributed by atoms with E-state index in [0.29, 0.717) is 11.8 Å². The summed E-state index contributed by atoms with van der Waals surface area (Å²) in [5, 5.41) is 0. The Morgan fingerprint density at radius 3 is 1.94 bits per heavy atom. The smallest absolute Gasteiger partial charge is 0.0490 e. The molecule has 0 amide bonds. The van der Waals surface area contributed by atoms with Crippen LogP contribution in [0.15, 0.2) is 0 Å². The van der Waals surface area contributed by atoms with Gasteiger partial charge in [0.25, 0.3) is 0 Å². The van der Waals surface area contributed by atoms with Gasteiger partial charge >= 0.3 is 0 Å². The quantitative estimate of drug-likeness (QED) is 0.587. The van der Waals surface area contributed by atoms with E-state index in [1.165, 1.54) is 19.3 Å². The Morgan fingerprint density at radius 2 is 1.56 bits per heavy atom. The number of ether oxygens (including phenoxy) is 1. The fraction of sp³-hybridized carbons (Fsp3) is 0.929. The van der Waals surface area contributed by atoms with Crippen molar-refractivity contribution >= 4 is 0 Å². The largest absolute Gasteiger partial charge is 0.384 e. The molecule has 0 N–H and O–H groups in total. The van der Waals surface area contributed by atoms with Gasteiger partial charge in [-0.05, 0) is 5.92 Å². The zero-order valence-corrected chi connectivity index (χ0v) is 12.2. The molecule has 0 aromatic heterocycles. The van der Waals surface area contributed by atoms with E-state index in [9.17, 15) is 0 Å². The molecular formula is C14H35OY-. The zero-order chi connectivity index (χ0) is 9.40. The van der Waals surface area contributed by atoms with Crippen molar-refractivity contribution in [2.24, 2.45) is 11.8 Å². The number of rotatable bonds is 7. The number of hydrogen-bond acceptors (Lipinski definition) is 1. The minimum Gasteiger partial charge on any atom is -0.384 e. The van der Waals surface area contributed by atoms with Crippen LogP contribution in [0.1, 0.15) is 62.3 Å². The molecule has 0 saturated carbocycles. The summed E-state index contributed by atoms with van der Waals surface area (Å²) < 4.78 is 5.54. The molecule has 0 aliphatic heterocycles. The molecule has 101 valence electrons. The van der Waals surface area contributed by atoms with E-state index in [1.54, 1.807) is 0 Å². The van der Waals surface area contributed by atoms with E-state index in [-0.39, 0.29) is 55.0 Å². The maximum absolute atomic E-state index is 5.54. The van der Waals surface area contributed by atoms with Crippen molar-refractivity contribution in [3.8, 4) is 0 Å². The maximum atomic E-state index is 5.54. The van der Waals surface area contributed by atoms with Gasteiger partial charge in [0, 0.05) is 45.9 Å². The van der Waals surface area contributed by atoms with Crippen molar-refractivity contribution in [2.45, 2.75) is 62.3 Å². The van der Waals surface area contributed by atoms with Gasteiger partial charge in [-0.3, -0.25) is 0 Å². The molecule has 0 bridgehead atoms. The molecule has 0 rings (SSSR count). The summed E-state index contributed by atoms with van der Waals surface area (Å²) in [6, 6.07) is 0. The predicted octanol–water partition coefficient (Wildman–Crippen LogP) is 5.21. The minimum absolute atomic E-state index is 0. The molecule has 1 radical (unpaired) electrons. The molecule has 0 aliphatic rings. The van der Waals surface area contributed by atoms with Crippen LogP contribution in [0.4, 0.5) is 0 Å². The molecule has 2 unspecified atom stereocenters. The second-order valence-electron chi connectivity index (χ2n) is 3.71. The Labute approximate surface area is 131 Å². The van der Waals surface area contributed by atoms with E-state index in [2.05, 4.69) is 27.7 Å². The normalized spacial score (nSPS) is 12.0. The molecule has 0 saturated heterocycles. The summed E-state index contributed by atoms with van der Waals surface area (Å²) in [5.74, 6) is 1.18. The monoisotopic (exact) mass is 308 g/mol. The van der Waals surface area contributed by atoms with Crippen LogP contribution >= 0.6 is 0 Å². The van der Waals surface area contributed by atoms with Gasteiger partial charge in [-0.15, -0.1) is 5.92 Å². The third-order valence-electron chi connectivity index (χ3n) is 2.15. The summed E-state index contributed by atoms with van der Waals surface area (Å²) in [5.41, 5.74) is 0. The van der Waals surface area contributed by atoms with E-state index >= 15 is 0 Å². The summed E-state index contributed by atoms with van der Waals surface area (Å²) in [6.45, 7) is 12.4. The van der Waals surface area contributed by atoms with Gasteiger partial charge < -0.3 is 11.7 Å². The van der Waals surface area contributed by atoms with Gasteiger partial charge in [-0.2, -0.15) is 0 Å². The van der Waals surface area contributed by atoms with Gasteiger partial charge in [-0.1, -0.05) is 62.3 Å². The Hall–Kier alpha value is 1.06. The second-order valence-corrected chi connectivity index (χ2v) is 3.71. The van der Waals surface area contributed by atoms with Crippen LogP contribution in [0, 0.1) is 18.8 Å². The molecule has 16 heavy (non-hydrogen) atoms. The average Bonchev–Trinajstić information content (AvgIpc) is 2.04. The predicted molar refractivity (Wildman–Crippen MR) is 74.2 cm³/mol. The summed E-state index contributed by atoms with van der Waals surface area (Å²) in [6.07, 6.45) is 3.59. The van der Waals surface area contributed by atoms with Crippen LogP contribution in [0.3, 0.4) is 0 Å². The van der Waals surface area contributed by atoms with Crippen molar-refractivity contribution in [1.29, 1.82) is 0 Å². The molecule has 2 atom stereocenters. The van der Waals surface area contributed by atoms with Crippen LogP contribution in [-0.4, -0.2) is 13.2 Å². The fourth-order valence-corrected chi connectivity index (χ4v) is 1.05. The average molecular weight is 308 g/mol. The molecular weight excluding hydrogens is 273 g/mol. The topological polar surface area (TPSA) is 9.23 Å². The van der Waals surface area contributed by atoms with Crippen molar-refractivity contribution in [2.75, 3.05) is 13.2 Å². The molecule has 1 nitrogen and oxygen atoms in total. The van der Waals surface area contributed by atoms with Crippen molar-refractivity contribution in [3.05, 3.63) is 6.92 Å². The van der Waals surface area contributed by atoms with Gasteiger partial charge in [0.2, 0.25) is 0 Å². The Kier molecular flexibility index (Phi) is 40.4. The van der Waals surface area contributed by atoms with Gasteiger partial charge in [-0.25, -0.2) is 0 Å². The summed E-state index contributed by atoms with van der Waals surface area (Å²) in [4.78, 5) is 0. The first kappa shape index (κ1) is 30.3. The SMILES string of the molecule is C.C.C.[CH2-]C(CCC)COCC(C)CC.[Y]. The second kappa shape index (κ2) is 21.4. The van der Waals surface area contributed by atoms with E-state index in [0.717, 1.165) is 13.2 Å². The van der Waals surface area contributed by atoms with E-state index < -0.39 is 0 Å². The molecule has 0 fully saturated rings. The van der Waals surface area contributed by atoms with Crippen molar-refractivity contribution < 1.29 is 37.4 Å². The van der Waals surface area contributed by atoms with Crippen LogP contribution in [-0.2, 0) is 37.4 Å². The standard InChI is InChI=1S/C11H23O.3CH4.Y/c1-5-7-11(4)9-12-8-10(3)6-2;;;;/h10-11H,4-9H2,1-3H3;3*1H4;/q-1;;;;. The zero-order valence-electron chi connectivity index (χ0n) is 9.38. The van der Waals surface area contributed by atoms with E-state index in [4.69, 9.17) is 4.74 Å². The summed E-state index contributed by atoms with van der Waals surface area (Å²) in [7, 11) is 0. The van der Waals surface area contributed by atoms with Crippen LogP contribution in [0.25, 0.3) is 0 Å². The third-order valence-corrected chi connectivity index (χ3v) is 2.15. The number of hydrogen-bond donors (Lipinski definition) is 0. The van der Waals surface area contributed by atoms with Crippen molar-refractivity contribution in [1.82, 2.24) is 0 Å². The minimum atomic E-state index is 0. The van der Waals surface area contributed by atoms with Crippen LogP contribution in [0.5, 0.6) is 0 Å². The summed E-state index contributed by atoms with van der Waals surface area (Å²) >= 11 is 0. The Bertz CT molecular complexity index is 96.7. The van der Waals surface area contributed by atoms with E-state index in [1.807, 2.05) is 0 Å². The Morgan fingerprint density at radius 1 is 1.06 bits per heavy atom. The molecule has 0 aromatic rings. The first-order valence-electron chi connectivity index (χ1n) is 5.11. The fourth-order valence-electron chi connectivity index (χ4n) is 1.05.